The van der Waals surface area contributed by atoms with Crippen LogP contribution in [0.5, 0.6) is 0 Å². The van der Waals surface area contributed by atoms with Gasteiger partial charge in [0.05, 0.1) is 0 Å². The van der Waals surface area contributed by atoms with Crippen LogP contribution >= 0.6 is 0 Å². The minimum atomic E-state index is 0.636. The fourth-order valence-corrected chi connectivity index (χ4v) is 2.60. The molecule has 66 valence electrons. The Labute approximate surface area is 79.3 Å². The molecule has 0 unspecified atom stereocenters. The molecule has 0 aliphatic carbocycles. The van der Waals surface area contributed by atoms with Crippen molar-refractivity contribution in [2.24, 2.45) is 0 Å². The van der Waals surface area contributed by atoms with Crippen molar-refractivity contribution < 1.29 is 0 Å². The van der Waals surface area contributed by atoms with Gasteiger partial charge in [0.1, 0.15) is 0 Å². The molecule has 1 aromatic carbocycles. The summed E-state index contributed by atoms with van der Waals surface area (Å²) in [5, 5.41) is 0. The molecule has 0 bridgehead atoms. The van der Waals surface area contributed by atoms with Gasteiger partial charge in [-0.15, -0.1) is 0 Å². The van der Waals surface area contributed by atoms with Crippen molar-refractivity contribution >= 4 is 18.4 Å². The minimum Gasteiger partial charge on any atom is -0.397 e. The molecule has 2 aliphatic heterocycles. The third-order valence-electron chi connectivity index (χ3n) is 3.24. The Bertz CT molecular complexity index is 339. The maximum Gasteiger partial charge on any atom is 0.375 e. The summed E-state index contributed by atoms with van der Waals surface area (Å²) < 4.78 is 0. The second-order valence-corrected chi connectivity index (χ2v) is 3.92. The van der Waals surface area contributed by atoms with Gasteiger partial charge in [-0.1, -0.05) is 12.1 Å². The Morgan fingerprint density at radius 3 is 2.85 bits per heavy atom. The van der Waals surface area contributed by atoms with Crippen molar-refractivity contribution in [1.82, 2.24) is 0 Å². The molecule has 2 nitrogen and oxygen atoms in total. The summed E-state index contributed by atoms with van der Waals surface area (Å²) in [6.07, 6.45) is 2.65. The lowest BCUT2D eigenvalue weighted by atomic mass is 9.73. The van der Waals surface area contributed by atoms with Crippen molar-refractivity contribution in [2.75, 3.05) is 23.2 Å². The monoisotopic (exact) mass is 172 g/mol. The van der Waals surface area contributed by atoms with Gasteiger partial charge in [0.25, 0.3) is 0 Å². The molecular weight excluding hydrogens is 159 g/mol. The largest absolute Gasteiger partial charge is 0.397 e. The van der Waals surface area contributed by atoms with Gasteiger partial charge < -0.3 is 9.62 Å². The Balaban J connectivity index is 2.13. The molecule has 3 rings (SSSR count). The highest BCUT2D eigenvalue weighted by atomic mass is 15.3. The van der Waals surface area contributed by atoms with Crippen LogP contribution in [0.4, 0.5) is 11.4 Å². The quantitative estimate of drug-likeness (QED) is 0.551. The van der Waals surface area contributed by atoms with E-state index in [0.717, 1.165) is 0 Å². The molecule has 1 saturated heterocycles. The standard InChI is InChI=1S/C10H13BN2/c1-12-9-5-2-3-6-10(9)13-8-4-7-11(12)13/h2-3,5-6H,4,7-8H2,1H3. The van der Waals surface area contributed by atoms with Crippen molar-refractivity contribution in [3.05, 3.63) is 24.3 Å². The van der Waals surface area contributed by atoms with Gasteiger partial charge in [0, 0.05) is 17.9 Å². The summed E-state index contributed by atoms with van der Waals surface area (Å²) >= 11 is 0. The summed E-state index contributed by atoms with van der Waals surface area (Å²) in [7, 11) is 2.20. The highest BCUT2D eigenvalue weighted by Crippen LogP contribution is 2.40. The van der Waals surface area contributed by atoms with Gasteiger partial charge in [0.2, 0.25) is 0 Å². The lowest BCUT2D eigenvalue weighted by Gasteiger charge is -2.18. The lowest BCUT2D eigenvalue weighted by Crippen LogP contribution is -2.41. The molecular formula is C10H13BN2. The number of para-hydroxylation sites is 2. The van der Waals surface area contributed by atoms with Crippen LogP contribution in [-0.2, 0) is 0 Å². The van der Waals surface area contributed by atoms with E-state index in [2.05, 4.69) is 40.9 Å². The second kappa shape index (κ2) is 2.44. The van der Waals surface area contributed by atoms with Crippen molar-refractivity contribution in [2.45, 2.75) is 12.7 Å². The van der Waals surface area contributed by atoms with Crippen molar-refractivity contribution in [1.29, 1.82) is 0 Å². The predicted octanol–water partition coefficient (Wildman–Crippen LogP) is 1.83. The van der Waals surface area contributed by atoms with E-state index >= 15 is 0 Å². The number of fused-ring (bicyclic) bond motifs is 3. The fourth-order valence-electron chi connectivity index (χ4n) is 2.60. The maximum absolute atomic E-state index is 2.52. The average Bonchev–Trinajstić information content (AvgIpc) is 2.72. The Morgan fingerprint density at radius 2 is 2.00 bits per heavy atom. The predicted molar refractivity (Wildman–Crippen MR) is 57.4 cm³/mol. The first kappa shape index (κ1) is 7.30. The Morgan fingerprint density at radius 1 is 1.23 bits per heavy atom. The topological polar surface area (TPSA) is 6.48 Å². The van der Waals surface area contributed by atoms with Crippen LogP contribution in [0.2, 0.25) is 6.32 Å². The van der Waals surface area contributed by atoms with E-state index in [1.54, 1.807) is 0 Å². The first-order chi connectivity index (χ1) is 6.38. The van der Waals surface area contributed by atoms with Crippen LogP contribution in [0.3, 0.4) is 0 Å². The molecule has 0 saturated carbocycles. The maximum atomic E-state index is 2.52. The number of hydrogen-bond acceptors (Lipinski definition) is 2. The van der Waals surface area contributed by atoms with E-state index in [0.29, 0.717) is 6.98 Å². The SMILES string of the molecule is CN1B2CCCN2c2ccccc21. The van der Waals surface area contributed by atoms with Gasteiger partial charge in [-0.2, -0.15) is 0 Å². The summed E-state index contributed by atoms with van der Waals surface area (Å²) in [5.74, 6) is 0. The van der Waals surface area contributed by atoms with E-state index in [1.807, 2.05) is 0 Å². The summed E-state index contributed by atoms with van der Waals surface area (Å²) in [5.41, 5.74) is 2.82. The fraction of sp³-hybridized carbons (Fsp3) is 0.400. The van der Waals surface area contributed by atoms with Crippen LogP contribution in [0.25, 0.3) is 0 Å². The highest BCUT2D eigenvalue weighted by molar-refractivity contribution is 6.70. The average molecular weight is 172 g/mol. The molecule has 2 aliphatic rings. The summed E-state index contributed by atoms with van der Waals surface area (Å²) in [4.78, 5) is 4.93. The number of anilines is 2. The van der Waals surface area contributed by atoms with Crippen LogP contribution in [-0.4, -0.2) is 20.6 Å². The first-order valence-electron chi connectivity index (χ1n) is 4.96. The van der Waals surface area contributed by atoms with Gasteiger partial charge in [-0.05, 0) is 31.9 Å². The van der Waals surface area contributed by atoms with Crippen LogP contribution in [0.15, 0.2) is 24.3 Å². The third-order valence-corrected chi connectivity index (χ3v) is 3.24. The molecule has 0 spiro atoms. The van der Waals surface area contributed by atoms with Crippen LogP contribution < -0.4 is 9.62 Å². The zero-order valence-electron chi connectivity index (χ0n) is 7.90. The molecule has 0 atom stereocenters. The van der Waals surface area contributed by atoms with Gasteiger partial charge >= 0.3 is 6.98 Å². The molecule has 3 heteroatoms. The van der Waals surface area contributed by atoms with Crippen molar-refractivity contribution in [3.63, 3.8) is 0 Å². The van der Waals surface area contributed by atoms with Crippen LogP contribution in [0, 0.1) is 0 Å². The molecule has 0 amide bonds. The number of nitrogens with zero attached hydrogens (tertiary/aromatic N) is 2. The zero-order valence-corrected chi connectivity index (χ0v) is 7.90. The van der Waals surface area contributed by atoms with E-state index in [-0.39, 0.29) is 0 Å². The zero-order chi connectivity index (χ0) is 8.84. The van der Waals surface area contributed by atoms with E-state index in [4.69, 9.17) is 0 Å². The number of benzene rings is 1. The van der Waals surface area contributed by atoms with Gasteiger partial charge in [-0.3, -0.25) is 0 Å². The minimum absolute atomic E-state index is 0.636. The first-order valence-corrected chi connectivity index (χ1v) is 4.96. The summed E-state index contributed by atoms with van der Waals surface area (Å²) in [6, 6.07) is 8.70. The molecule has 1 fully saturated rings. The van der Waals surface area contributed by atoms with E-state index in [9.17, 15) is 0 Å². The highest BCUT2D eigenvalue weighted by Gasteiger charge is 2.40. The van der Waals surface area contributed by atoms with E-state index < -0.39 is 0 Å². The smallest absolute Gasteiger partial charge is 0.375 e. The lowest BCUT2D eigenvalue weighted by molar-refractivity contribution is 0.983. The Hall–Kier alpha value is -1.12. The van der Waals surface area contributed by atoms with Gasteiger partial charge in [-0.25, -0.2) is 0 Å². The number of rotatable bonds is 0. The molecule has 1 aromatic rings. The number of hydrogen-bond donors (Lipinski definition) is 0. The molecule has 13 heavy (non-hydrogen) atoms. The molecule has 0 aromatic heterocycles. The van der Waals surface area contributed by atoms with E-state index in [1.165, 1.54) is 30.7 Å². The van der Waals surface area contributed by atoms with Crippen LogP contribution in [0.1, 0.15) is 6.42 Å². The summed E-state index contributed by atoms with van der Waals surface area (Å²) in [6.45, 7) is 1.86. The van der Waals surface area contributed by atoms with Crippen molar-refractivity contribution in [3.8, 4) is 0 Å². The third kappa shape index (κ3) is 0.845. The second-order valence-electron chi connectivity index (χ2n) is 3.92. The van der Waals surface area contributed by atoms with Gasteiger partial charge in [0.15, 0.2) is 0 Å². The molecule has 0 radical (unpaired) electrons. The molecule has 0 N–H and O–H groups in total. The molecule has 2 heterocycles. The normalized spacial score (nSPS) is 19.3. The Kier molecular flexibility index (Phi) is 1.37.